The van der Waals surface area contributed by atoms with E-state index in [1.54, 1.807) is 6.26 Å². The van der Waals surface area contributed by atoms with Crippen LogP contribution in [0.1, 0.15) is 12.7 Å². The number of nitrogens with two attached hydrogens (primary N) is 1. The Morgan fingerprint density at radius 2 is 2.24 bits per heavy atom. The number of halogens is 1. The quantitative estimate of drug-likeness (QED) is 0.846. The third-order valence-corrected chi connectivity index (χ3v) is 3.14. The van der Waals surface area contributed by atoms with Crippen LogP contribution >= 0.6 is 15.9 Å². The second kappa shape index (κ2) is 5.27. The van der Waals surface area contributed by atoms with E-state index in [9.17, 15) is 0 Å². The van der Waals surface area contributed by atoms with E-state index >= 15 is 0 Å². The maximum atomic E-state index is 5.70. The summed E-state index contributed by atoms with van der Waals surface area (Å²) in [7, 11) is 0. The second-order valence-corrected chi connectivity index (χ2v) is 4.92. The van der Waals surface area contributed by atoms with Crippen LogP contribution in [0, 0.1) is 0 Å². The van der Waals surface area contributed by atoms with Crippen molar-refractivity contribution < 1.29 is 4.42 Å². The minimum absolute atomic E-state index is 0.293. The van der Waals surface area contributed by atoms with Crippen LogP contribution < -0.4 is 11.1 Å². The van der Waals surface area contributed by atoms with Crippen LogP contribution in [0.4, 0.5) is 11.4 Å². The monoisotopic (exact) mass is 294 g/mol. The lowest BCUT2D eigenvalue weighted by Crippen LogP contribution is -2.18. The van der Waals surface area contributed by atoms with Crippen molar-refractivity contribution in [2.75, 3.05) is 11.1 Å². The molecule has 17 heavy (non-hydrogen) atoms. The van der Waals surface area contributed by atoms with Gasteiger partial charge < -0.3 is 15.5 Å². The zero-order valence-corrected chi connectivity index (χ0v) is 11.2. The summed E-state index contributed by atoms with van der Waals surface area (Å²) in [5.74, 6) is 0.983. The first-order valence-electron chi connectivity index (χ1n) is 5.49. The van der Waals surface area contributed by atoms with Crippen LogP contribution in [0.2, 0.25) is 0 Å². The molecule has 0 aliphatic carbocycles. The van der Waals surface area contributed by atoms with Gasteiger partial charge in [0.15, 0.2) is 0 Å². The van der Waals surface area contributed by atoms with E-state index in [2.05, 4.69) is 28.2 Å². The van der Waals surface area contributed by atoms with Crippen LogP contribution in [0.15, 0.2) is 45.5 Å². The van der Waals surface area contributed by atoms with Gasteiger partial charge in [0.05, 0.1) is 6.26 Å². The predicted molar refractivity (Wildman–Crippen MR) is 74.1 cm³/mol. The molecule has 2 rings (SSSR count). The number of nitrogens with one attached hydrogen (secondary N) is 1. The van der Waals surface area contributed by atoms with Crippen LogP contribution in [0.25, 0.3) is 0 Å². The molecule has 1 atom stereocenters. The number of hydrogen-bond acceptors (Lipinski definition) is 3. The first kappa shape index (κ1) is 12.0. The van der Waals surface area contributed by atoms with Crippen molar-refractivity contribution in [1.82, 2.24) is 0 Å². The molecule has 0 radical (unpaired) electrons. The maximum Gasteiger partial charge on any atom is 0.105 e. The van der Waals surface area contributed by atoms with Gasteiger partial charge in [0.25, 0.3) is 0 Å². The zero-order valence-electron chi connectivity index (χ0n) is 9.61. The molecule has 4 heteroatoms. The molecule has 3 nitrogen and oxygen atoms in total. The van der Waals surface area contributed by atoms with Gasteiger partial charge in [-0.1, -0.05) is 0 Å². The summed E-state index contributed by atoms with van der Waals surface area (Å²) in [6.07, 6.45) is 2.55. The number of anilines is 2. The van der Waals surface area contributed by atoms with Gasteiger partial charge in [-0.3, -0.25) is 0 Å². The van der Waals surface area contributed by atoms with Crippen LogP contribution in [-0.4, -0.2) is 6.04 Å². The number of hydrogen-bond donors (Lipinski definition) is 2. The molecule has 2 aromatic rings. The number of furan rings is 1. The van der Waals surface area contributed by atoms with Crippen LogP contribution in [0.5, 0.6) is 0 Å². The Bertz CT molecular complexity index is 482. The second-order valence-electron chi connectivity index (χ2n) is 4.07. The molecule has 90 valence electrons. The Hall–Kier alpha value is -1.42. The summed E-state index contributed by atoms with van der Waals surface area (Å²) in [6.45, 7) is 2.12. The normalized spacial score (nSPS) is 12.4. The number of nitrogen functional groups attached to an aromatic ring is 1. The van der Waals surface area contributed by atoms with Gasteiger partial charge in [0.1, 0.15) is 5.76 Å². The molecule has 0 fully saturated rings. The minimum Gasteiger partial charge on any atom is -0.469 e. The van der Waals surface area contributed by atoms with Gasteiger partial charge in [0, 0.05) is 28.3 Å². The molecule has 0 bridgehead atoms. The van der Waals surface area contributed by atoms with Gasteiger partial charge in [-0.05, 0) is 53.2 Å². The van der Waals surface area contributed by atoms with E-state index in [4.69, 9.17) is 10.2 Å². The van der Waals surface area contributed by atoms with Crippen molar-refractivity contribution >= 4 is 27.3 Å². The van der Waals surface area contributed by atoms with E-state index in [0.29, 0.717) is 6.04 Å². The third-order valence-electron chi connectivity index (χ3n) is 2.48. The zero-order chi connectivity index (χ0) is 12.3. The fourth-order valence-electron chi connectivity index (χ4n) is 1.70. The first-order valence-corrected chi connectivity index (χ1v) is 6.28. The highest BCUT2D eigenvalue weighted by atomic mass is 79.9. The molecule has 3 N–H and O–H groups in total. The van der Waals surface area contributed by atoms with Gasteiger partial charge in [0.2, 0.25) is 0 Å². The lowest BCUT2D eigenvalue weighted by molar-refractivity contribution is 0.498. The Morgan fingerprint density at radius 1 is 1.41 bits per heavy atom. The lowest BCUT2D eigenvalue weighted by atomic mass is 10.2. The topological polar surface area (TPSA) is 51.2 Å². The Balaban J connectivity index is 2.00. The van der Waals surface area contributed by atoms with Gasteiger partial charge in [-0.2, -0.15) is 0 Å². The number of benzene rings is 1. The Labute approximate surface area is 109 Å². The van der Waals surface area contributed by atoms with Gasteiger partial charge in [-0.25, -0.2) is 0 Å². The molecule has 0 aliphatic rings. The lowest BCUT2D eigenvalue weighted by Gasteiger charge is -2.15. The Kier molecular flexibility index (Phi) is 3.74. The maximum absolute atomic E-state index is 5.70. The summed E-state index contributed by atoms with van der Waals surface area (Å²) in [6, 6.07) is 9.92. The predicted octanol–water partition coefficient (Wildman–Crippen LogP) is 3.67. The SMILES string of the molecule is CC(Cc1ccco1)Nc1ccc(N)cc1Br. The highest BCUT2D eigenvalue weighted by Crippen LogP contribution is 2.25. The largest absolute Gasteiger partial charge is 0.469 e. The molecule has 0 aliphatic heterocycles. The molecule has 0 spiro atoms. The smallest absolute Gasteiger partial charge is 0.105 e. The van der Waals surface area contributed by atoms with Crippen molar-refractivity contribution in [1.29, 1.82) is 0 Å². The van der Waals surface area contributed by atoms with Gasteiger partial charge in [-0.15, -0.1) is 0 Å². The molecule has 0 saturated carbocycles. The van der Waals surface area contributed by atoms with Crippen molar-refractivity contribution in [3.05, 3.63) is 46.8 Å². The van der Waals surface area contributed by atoms with E-state index in [1.165, 1.54) is 0 Å². The average Bonchev–Trinajstić information content (AvgIpc) is 2.75. The van der Waals surface area contributed by atoms with Crippen LogP contribution in [0.3, 0.4) is 0 Å². The molecule has 0 amide bonds. The molecule has 1 unspecified atom stereocenters. The molecule has 1 aromatic carbocycles. The third kappa shape index (κ3) is 3.27. The molecule has 0 saturated heterocycles. The summed E-state index contributed by atoms with van der Waals surface area (Å²) < 4.78 is 6.30. The Morgan fingerprint density at radius 3 is 2.88 bits per heavy atom. The summed E-state index contributed by atoms with van der Waals surface area (Å²) in [5.41, 5.74) is 7.49. The molecular formula is C13H15BrN2O. The van der Waals surface area contributed by atoms with E-state index in [-0.39, 0.29) is 0 Å². The highest BCUT2D eigenvalue weighted by molar-refractivity contribution is 9.10. The summed E-state index contributed by atoms with van der Waals surface area (Å²) >= 11 is 3.49. The first-order chi connectivity index (χ1) is 8.15. The fourth-order valence-corrected chi connectivity index (χ4v) is 2.21. The average molecular weight is 295 g/mol. The van der Waals surface area contributed by atoms with Crippen molar-refractivity contribution in [3.8, 4) is 0 Å². The minimum atomic E-state index is 0.293. The molecular weight excluding hydrogens is 280 g/mol. The summed E-state index contributed by atoms with van der Waals surface area (Å²) in [5, 5.41) is 3.41. The van der Waals surface area contributed by atoms with E-state index < -0.39 is 0 Å². The summed E-state index contributed by atoms with van der Waals surface area (Å²) in [4.78, 5) is 0. The standard InChI is InChI=1S/C13H15BrN2O/c1-9(7-11-3-2-6-17-11)16-13-5-4-10(15)8-12(13)14/h2-6,8-9,16H,7,15H2,1H3. The fraction of sp³-hybridized carbons (Fsp3) is 0.231. The van der Waals surface area contributed by atoms with Gasteiger partial charge >= 0.3 is 0 Å². The van der Waals surface area contributed by atoms with E-state index in [1.807, 2.05) is 30.3 Å². The van der Waals surface area contributed by atoms with Crippen molar-refractivity contribution in [2.24, 2.45) is 0 Å². The number of rotatable bonds is 4. The van der Waals surface area contributed by atoms with Crippen molar-refractivity contribution in [3.63, 3.8) is 0 Å². The van der Waals surface area contributed by atoms with Crippen LogP contribution in [-0.2, 0) is 6.42 Å². The van der Waals surface area contributed by atoms with Crippen molar-refractivity contribution in [2.45, 2.75) is 19.4 Å². The van der Waals surface area contributed by atoms with E-state index in [0.717, 1.165) is 28.0 Å². The molecule has 1 heterocycles. The highest BCUT2D eigenvalue weighted by Gasteiger charge is 2.07. The molecule has 1 aromatic heterocycles.